The zero-order valence-corrected chi connectivity index (χ0v) is 9.40. The standard InChI is InChI=1S/C11H10O4S/c1-7-2-4-8(5-3-7)6-9(10(12)13)11(14)15-16/h2-6,16H,1H3,(H,12,13). The average Bonchev–Trinajstić information content (AvgIpc) is 2.27. The SMILES string of the molecule is Cc1ccc(C=C(C(=O)O)C(=O)OS)cc1. The molecule has 0 saturated heterocycles. The summed E-state index contributed by atoms with van der Waals surface area (Å²) in [6.07, 6.45) is 1.24. The monoisotopic (exact) mass is 238 g/mol. The van der Waals surface area contributed by atoms with E-state index in [9.17, 15) is 9.59 Å². The molecule has 0 spiro atoms. The van der Waals surface area contributed by atoms with Crippen LogP contribution in [0.4, 0.5) is 0 Å². The lowest BCUT2D eigenvalue weighted by atomic mass is 10.1. The molecule has 0 aliphatic heterocycles. The molecular formula is C11H10O4S. The summed E-state index contributed by atoms with van der Waals surface area (Å²) in [7, 11) is 0. The summed E-state index contributed by atoms with van der Waals surface area (Å²) < 4.78 is 4.08. The van der Waals surface area contributed by atoms with E-state index in [1.165, 1.54) is 6.08 Å². The largest absolute Gasteiger partial charge is 0.477 e. The summed E-state index contributed by atoms with van der Waals surface area (Å²) in [5.41, 5.74) is 1.20. The highest BCUT2D eigenvalue weighted by molar-refractivity contribution is 7.75. The second kappa shape index (κ2) is 5.37. The number of aryl methyl sites for hydroxylation is 1. The minimum atomic E-state index is -1.35. The van der Waals surface area contributed by atoms with Crippen LogP contribution in [0.3, 0.4) is 0 Å². The predicted molar refractivity (Wildman–Crippen MR) is 61.9 cm³/mol. The molecule has 5 heteroatoms. The van der Waals surface area contributed by atoms with Crippen molar-refractivity contribution in [3.8, 4) is 0 Å². The molecule has 1 aromatic carbocycles. The minimum Gasteiger partial charge on any atom is -0.477 e. The molecule has 84 valence electrons. The zero-order chi connectivity index (χ0) is 12.1. The van der Waals surface area contributed by atoms with Crippen molar-refractivity contribution >= 4 is 30.9 Å². The second-order valence-electron chi connectivity index (χ2n) is 3.15. The number of carboxylic acid groups (broad SMARTS) is 1. The molecule has 0 heterocycles. The van der Waals surface area contributed by atoms with E-state index in [0.29, 0.717) is 5.56 Å². The van der Waals surface area contributed by atoms with Gasteiger partial charge in [-0.2, -0.15) is 0 Å². The van der Waals surface area contributed by atoms with E-state index in [-0.39, 0.29) is 0 Å². The van der Waals surface area contributed by atoms with Gasteiger partial charge in [-0.3, -0.25) is 0 Å². The molecule has 0 saturated carbocycles. The molecule has 0 aliphatic rings. The van der Waals surface area contributed by atoms with Gasteiger partial charge in [0.15, 0.2) is 0 Å². The molecular weight excluding hydrogens is 228 g/mol. The number of carbonyl (C=O) groups excluding carboxylic acids is 1. The molecule has 1 rings (SSSR count). The summed E-state index contributed by atoms with van der Waals surface area (Å²) in [5.74, 6) is -2.34. The van der Waals surface area contributed by atoms with Gasteiger partial charge in [0.05, 0.1) is 0 Å². The molecule has 16 heavy (non-hydrogen) atoms. The molecule has 0 unspecified atom stereocenters. The Morgan fingerprint density at radius 1 is 1.31 bits per heavy atom. The lowest BCUT2D eigenvalue weighted by molar-refractivity contribution is -0.138. The summed E-state index contributed by atoms with van der Waals surface area (Å²) >= 11 is 3.28. The molecule has 0 aromatic heterocycles. The van der Waals surface area contributed by atoms with E-state index in [1.807, 2.05) is 19.1 Å². The van der Waals surface area contributed by atoms with Gasteiger partial charge in [-0.1, -0.05) is 29.8 Å². The lowest BCUT2D eigenvalue weighted by Crippen LogP contribution is -2.11. The Morgan fingerprint density at radius 3 is 2.31 bits per heavy atom. The third-order valence-corrected chi connectivity index (χ3v) is 2.09. The van der Waals surface area contributed by atoms with Crippen molar-refractivity contribution in [3.05, 3.63) is 41.0 Å². The normalized spacial score (nSPS) is 11.0. The summed E-state index contributed by atoms with van der Waals surface area (Å²) in [6.45, 7) is 1.91. The van der Waals surface area contributed by atoms with Gasteiger partial charge in [-0.15, -0.1) is 0 Å². The average molecular weight is 238 g/mol. The molecule has 4 nitrogen and oxygen atoms in total. The molecule has 1 aromatic rings. The number of thiol groups is 1. The van der Waals surface area contributed by atoms with Crippen LogP contribution < -0.4 is 0 Å². The van der Waals surface area contributed by atoms with E-state index >= 15 is 0 Å². The van der Waals surface area contributed by atoms with Crippen LogP contribution >= 0.6 is 12.9 Å². The Morgan fingerprint density at radius 2 is 1.88 bits per heavy atom. The molecule has 0 atom stereocenters. The van der Waals surface area contributed by atoms with Crippen molar-refractivity contribution in [2.45, 2.75) is 6.92 Å². The molecule has 0 fully saturated rings. The van der Waals surface area contributed by atoms with Crippen LogP contribution in [0.2, 0.25) is 0 Å². The molecule has 0 aliphatic carbocycles. The van der Waals surface area contributed by atoms with E-state index in [2.05, 4.69) is 17.1 Å². The second-order valence-corrected chi connectivity index (χ2v) is 3.34. The Labute approximate surface area is 98.2 Å². The third kappa shape index (κ3) is 3.13. The number of rotatable bonds is 3. The number of carboxylic acids is 1. The van der Waals surface area contributed by atoms with Crippen LogP contribution in [-0.2, 0) is 13.8 Å². The van der Waals surface area contributed by atoms with Crippen molar-refractivity contribution in [2.24, 2.45) is 0 Å². The van der Waals surface area contributed by atoms with Crippen LogP contribution in [-0.4, -0.2) is 17.0 Å². The summed E-state index contributed by atoms with van der Waals surface area (Å²) in [4.78, 5) is 21.8. The van der Waals surface area contributed by atoms with Gasteiger partial charge in [-0.05, 0) is 18.6 Å². The lowest BCUT2D eigenvalue weighted by Gasteiger charge is -1.99. The van der Waals surface area contributed by atoms with Crippen molar-refractivity contribution < 1.29 is 18.9 Å². The number of carbonyl (C=O) groups is 2. The van der Waals surface area contributed by atoms with Gasteiger partial charge in [0.25, 0.3) is 0 Å². The first-order valence-electron chi connectivity index (χ1n) is 4.42. The first-order valence-corrected chi connectivity index (χ1v) is 4.78. The van der Waals surface area contributed by atoms with Crippen LogP contribution in [0.1, 0.15) is 11.1 Å². The van der Waals surface area contributed by atoms with Crippen LogP contribution in [0.15, 0.2) is 29.8 Å². The van der Waals surface area contributed by atoms with Crippen molar-refractivity contribution in [1.29, 1.82) is 0 Å². The molecule has 0 amide bonds. The molecule has 0 radical (unpaired) electrons. The van der Waals surface area contributed by atoms with Gasteiger partial charge >= 0.3 is 11.9 Å². The fourth-order valence-electron chi connectivity index (χ4n) is 1.09. The zero-order valence-electron chi connectivity index (χ0n) is 8.51. The number of hydrogen-bond donors (Lipinski definition) is 2. The first-order chi connectivity index (χ1) is 7.54. The van der Waals surface area contributed by atoms with E-state index in [4.69, 9.17) is 5.11 Å². The van der Waals surface area contributed by atoms with Gasteiger partial charge in [0, 0.05) is 12.9 Å². The van der Waals surface area contributed by atoms with Crippen LogP contribution in [0, 0.1) is 6.92 Å². The third-order valence-electron chi connectivity index (χ3n) is 1.92. The van der Waals surface area contributed by atoms with Crippen LogP contribution in [0.5, 0.6) is 0 Å². The quantitative estimate of drug-likeness (QED) is 0.277. The van der Waals surface area contributed by atoms with Crippen molar-refractivity contribution in [3.63, 3.8) is 0 Å². The first kappa shape index (κ1) is 12.3. The van der Waals surface area contributed by atoms with Gasteiger partial charge < -0.3 is 9.29 Å². The predicted octanol–water partition coefficient (Wildman–Crippen LogP) is 1.85. The highest BCUT2D eigenvalue weighted by atomic mass is 32.1. The maximum Gasteiger partial charge on any atom is 0.357 e. The highest BCUT2D eigenvalue weighted by Crippen LogP contribution is 2.10. The Bertz CT molecular complexity index is 434. The number of aliphatic carboxylic acids is 1. The van der Waals surface area contributed by atoms with E-state index in [1.54, 1.807) is 12.1 Å². The Hall–Kier alpha value is -1.75. The maximum atomic E-state index is 11.1. The smallest absolute Gasteiger partial charge is 0.357 e. The fourth-order valence-corrected chi connectivity index (χ4v) is 1.18. The molecule has 1 N–H and O–H groups in total. The number of benzene rings is 1. The van der Waals surface area contributed by atoms with Crippen molar-refractivity contribution in [2.75, 3.05) is 0 Å². The van der Waals surface area contributed by atoms with E-state index in [0.717, 1.165) is 5.56 Å². The number of hydrogen-bond acceptors (Lipinski definition) is 4. The molecule has 0 bridgehead atoms. The van der Waals surface area contributed by atoms with E-state index < -0.39 is 17.5 Å². The Balaban J connectivity index is 3.07. The van der Waals surface area contributed by atoms with Gasteiger partial charge in [-0.25, -0.2) is 9.59 Å². The van der Waals surface area contributed by atoms with Crippen molar-refractivity contribution in [1.82, 2.24) is 0 Å². The minimum absolute atomic E-state index is 0.459. The van der Waals surface area contributed by atoms with Crippen LogP contribution in [0.25, 0.3) is 6.08 Å². The summed E-state index contributed by atoms with van der Waals surface area (Å²) in [5, 5.41) is 8.79. The van der Waals surface area contributed by atoms with Gasteiger partial charge in [0.1, 0.15) is 5.57 Å². The summed E-state index contributed by atoms with van der Waals surface area (Å²) in [6, 6.07) is 7.06. The topological polar surface area (TPSA) is 63.6 Å². The maximum absolute atomic E-state index is 11.1. The van der Waals surface area contributed by atoms with Gasteiger partial charge in [0.2, 0.25) is 0 Å². The Kier molecular flexibility index (Phi) is 4.13. The fraction of sp³-hybridized carbons (Fsp3) is 0.0909. The highest BCUT2D eigenvalue weighted by Gasteiger charge is 2.18.